The van der Waals surface area contributed by atoms with Gasteiger partial charge in [0, 0.05) is 19.6 Å². The second kappa shape index (κ2) is 5.53. The van der Waals surface area contributed by atoms with Crippen molar-refractivity contribution in [1.82, 2.24) is 10.2 Å². The predicted molar refractivity (Wildman–Crippen MR) is 60.1 cm³/mol. The van der Waals surface area contributed by atoms with Crippen LogP contribution >= 0.6 is 0 Å². The number of piperidine rings is 1. The van der Waals surface area contributed by atoms with Gasteiger partial charge in [0.05, 0.1) is 5.92 Å². The first-order valence-electron chi connectivity index (χ1n) is 5.40. The van der Waals surface area contributed by atoms with Crippen molar-refractivity contribution in [3.8, 4) is 0 Å². The number of hydrogen-bond donors (Lipinski definition) is 2. The fourth-order valence-corrected chi connectivity index (χ4v) is 1.70. The number of carbonyl (C=O) groups is 2. The fraction of sp³-hybridized carbons (Fsp3) is 0.636. The zero-order chi connectivity index (χ0) is 12.1. The molecule has 90 valence electrons. The van der Waals surface area contributed by atoms with Gasteiger partial charge in [-0.2, -0.15) is 0 Å². The molecule has 0 bridgehead atoms. The number of aliphatic carboxylic acids is 1. The number of nitrogens with one attached hydrogen (secondary N) is 1. The largest absolute Gasteiger partial charge is 0.481 e. The fourth-order valence-electron chi connectivity index (χ4n) is 1.70. The average molecular weight is 226 g/mol. The SMILES string of the molecule is C=C(C)CNC(=O)N1CCC[C@@H](C(=O)O)C1. The molecule has 0 spiro atoms. The van der Waals surface area contributed by atoms with Gasteiger partial charge in [-0.05, 0) is 19.8 Å². The van der Waals surface area contributed by atoms with Crippen molar-refractivity contribution in [3.05, 3.63) is 12.2 Å². The smallest absolute Gasteiger partial charge is 0.317 e. The molecule has 2 N–H and O–H groups in total. The van der Waals surface area contributed by atoms with Crippen LogP contribution in [-0.2, 0) is 4.79 Å². The van der Waals surface area contributed by atoms with E-state index < -0.39 is 11.9 Å². The molecule has 0 unspecified atom stereocenters. The summed E-state index contributed by atoms with van der Waals surface area (Å²) >= 11 is 0. The maximum Gasteiger partial charge on any atom is 0.317 e. The zero-order valence-corrected chi connectivity index (χ0v) is 9.53. The van der Waals surface area contributed by atoms with Gasteiger partial charge in [-0.25, -0.2) is 4.79 Å². The Bertz CT molecular complexity index is 302. The number of amides is 2. The lowest BCUT2D eigenvalue weighted by Crippen LogP contribution is -2.47. The summed E-state index contributed by atoms with van der Waals surface area (Å²) in [6, 6.07) is -0.200. The third kappa shape index (κ3) is 3.56. The van der Waals surface area contributed by atoms with E-state index in [0.717, 1.165) is 12.0 Å². The molecule has 0 aromatic rings. The van der Waals surface area contributed by atoms with Crippen molar-refractivity contribution in [3.63, 3.8) is 0 Å². The van der Waals surface area contributed by atoms with E-state index >= 15 is 0 Å². The van der Waals surface area contributed by atoms with Crippen LogP contribution < -0.4 is 5.32 Å². The quantitative estimate of drug-likeness (QED) is 0.707. The average Bonchev–Trinajstić information content (AvgIpc) is 2.26. The summed E-state index contributed by atoms with van der Waals surface area (Å²) in [5.41, 5.74) is 0.875. The van der Waals surface area contributed by atoms with Crippen molar-refractivity contribution in [2.45, 2.75) is 19.8 Å². The van der Waals surface area contributed by atoms with Crippen molar-refractivity contribution in [2.24, 2.45) is 5.92 Å². The highest BCUT2D eigenvalue weighted by Crippen LogP contribution is 2.16. The van der Waals surface area contributed by atoms with Gasteiger partial charge in [-0.1, -0.05) is 12.2 Å². The van der Waals surface area contributed by atoms with Gasteiger partial charge in [0.2, 0.25) is 0 Å². The Kier molecular flexibility index (Phi) is 4.34. The molecule has 16 heavy (non-hydrogen) atoms. The lowest BCUT2D eigenvalue weighted by atomic mass is 9.99. The molecule has 1 aliphatic heterocycles. The number of likely N-dealkylation sites (tertiary alicyclic amines) is 1. The van der Waals surface area contributed by atoms with Gasteiger partial charge < -0.3 is 15.3 Å². The molecule has 0 aliphatic carbocycles. The van der Waals surface area contributed by atoms with Gasteiger partial charge in [-0.3, -0.25) is 4.79 Å². The Morgan fingerprint density at radius 2 is 2.25 bits per heavy atom. The van der Waals surface area contributed by atoms with Crippen molar-refractivity contribution in [2.75, 3.05) is 19.6 Å². The van der Waals surface area contributed by atoms with Crippen LogP contribution in [0.25, 0.3) is 0 Å². The van der Waals surface area contributed by atoms with E-state index in [2.05, 4.69) is 11.9 Å². The predicted octanol–water partition coefficient (Wildman–Crippen LogP) is 1.07. The Labute approximate surface area is 95.1 Å². The molecule has 2 amide bonds. The molecule has 5 nitrogen and oxygen atoms in total. The Morgan fingerprint density at radius 1 is 1.56 bits per heavy atom. The van der Waals surface area contributed by atoms with E-state index in [-0.39, 0.29) is 6.03 Å². The molecule has 5 heteroatoms. The van der Waals surface area contributed by atoms with Crippen LogP contribution in [0, 0.1) is 5.92 Å². The molecule has 1 heterocycles. The van der Waals surface area contributed by atoms with E-state index in [1.165, 1.54) is 0 Å². The standard InChI is InChI=1S/C11H18N2O3/c1-8(2)6-12-11(16)13-5-3-4-9(7-13)10(14)15/h9H,1,3-7H2,2H3,(H,12,16)(H,14,15)/t9-/m1/s1. The lowest BCUT2D eigenvalue weighted by Gasteiger charge is -2.30. The number of rotatable bonds is 3. The minimum Gasteiger partial charge on any atom is -0.481 e. The maximum absolute atomic E-state index is 11.7. The summed E-state index contributed by atoms with van der Waals surface area (Å²) in [5, 5.41) is 11.6. The number of hydrogen-bond acceptors (Lipinski definition) is 2. The van der Waals surface area contributed by atoms with E-state index in [0.29, 0.717) is 26.1 Å². The van der Waals surface area contributed by atoms with E-state index in [9.17, 15) is 9.59 Å². The van der Waals surface area contributed by atoms with E-state index in [4.69, 9.17) is 5.11 Å². The summed E-state index contributed by atoms with van der Waals surface area (Å²) in [4.78, 5) is 24.0. The molecular weight excluding hydrogens is 208 g/mol. The zero-order valence-electron chi connectivity index (χ0n) is 9.53. The lowest BCUT2D eigenvalue weighted by molar-refractivity contribution is -0.143. The monoisotopic (exact) mass is 226 g/mol. The maximum atomic E-state index is 11.7. The highest BCUT2D eigenvalue weighted by Gasteiger charge is 2.27. The molecular formula is C11H18N2O3. The number of carboxylic acids is 1. The first kappa shape index (κ1) is 12.5. The Balaban J connectivity index is 2.43. The van der Waals surface area contributed by atoms with Crippen LogP contribution in [0.1, 0.15) is 19.8 Å². The summed E-state index contributed by atoms with van der Waals surface area (Å²) in [6.45, 7) is 6.89. The first-order valence-corrected chi connectivity index (χ1v) is 5.40. The third-order valence-electron chi connectivity index (χ3n) is 2.60. The highest BCUT2D eigenvalue weighted by molar-refractivity contribution is 5.76. The number of urea groups is 1. The minimum absolute atomic E-state index is 0.200. The van der Waals surface area contributed by atoms with E-state index in [1.54, 1.807) is 4.90 Å². The van der Waals surface area contributed by atoms with Crippen LogP contribution in [0.5, 0.6) is 0 Å². The summed E-state index contributed by atoms with van der Waals surface area (Å²) < 4.78 is 0. The molecule has 1 saturated heterocycles. The molecule has 0 saturated carbocycles. The van der Waals surface area contributed by atoms with Crippen LogP contribution in [-0.4, -0.2) is 41.6 Å². The first-order chi connectivity index (χ1) is 7.50. The molecule has 0 aromatic heterocycles. The van der Waals surface area contributed by atoms with Crippen LogP contribution in [0.4, 0.5) is 4.79 Å². The Hall–Kier alpha value is -1.52. The van der Waals surface area contributed by atoms with Gasteiger partial charge in [0.15, 0.2) is 0 Å². The summed E-state index contributed by atoms with van der Waals surface area (Å²) in [7, 11) is 0. The second-order valence-corrected chi connectivity index (χ2v) is 4.24. The molecule has 1 fully saturated rings. The Morgan fingerprint density at radius 3 is 2.81 bits per heavy atom. The highest BCUT2D eigenvalue weighted by atomic mass is 16.4. The van der Waals surface area contributed by atoms with Crippen LogP contribution in [0.3, 0.4) is 0 Å². The number of carbonyl (C=O) groups excluding carboxylic acids is 1. The summed E-state index contributed by atoms with van der Waals surface area (Å²) in [5.74, 6) is -1.25. The van der Waals surface area contributed by atoms with Gasteiger partial charge in [0.25, 0.3) is 0 Å². The summed E-state index contributed by atoms with van der Waals surface area (Å²) in [6.07, 6.45) is 1.40. The van der Waals surface area contributed by atoms with Crippen LogP contribution in [0.2, 0.25) is 0 Å². The normalized spacial score (nSPS) is 20.3. The number of carboxylic acid groups (broad SMARTS) is 1. The van der Waals surface area contributed by atoms with Gasteiger partial charge >= 0.3 is 12.0 Å². The van der Waals surface area contributed by atoms with E-state index in [1.807, 2.05) is 6.92 Å². The van der Waals surface area contributed by atoms with Crippen molar-refractivity contribution in [1.29, 1.82) is 0 Å². The second-order valence-electron chi connectivity index (χ2n) is 4.24. The third-order valence-corrected chi connectivity index (χ3v) is 2.60. The molecule has 1 aliphatic rings. The molecule has 0 aromatic carbocycles. The molecule has 1 rings (SSSR count). The molecule has 1 atom stereocenters. The van der Waals surface area contributed by atoms with Crippen molar-refractivity contribution < 1.29 is 14.7 Å². The number of nitrogens with zero attached hydrogens (tertiary/aromatic N) is 1. The van der Waals surface area contributed by atoms with Gasteiger partial charge in [0.1, 0.15) is 0 Å². The topological polar surface area (TPSA) is 69.6 Å². The van der Waals surface area contributed by atoms with Crippen molar-refractivity contribution >= 4 is 12.0 Å². The van der Waals surface area contributed by atoms with Crippen LogP contribution in [0.15, 0.2) is 12.2 Å². The minimum atomic E-state index is -0.822. The molecule has 0 radical (unpaired) electrons. The van der Waals surface area contributed by atoms with Gasteiger partial charge in [-0.15, -0.1) is 0 Å².